The largest absolute Gasteiger partial charge is 0.481 e. The van der Waals surface area contributed by atoms with Crippen molar-refractivity contribution in [1.82, 2.24) is 30.4 Å². The molecule has 2 aliphatic carbocycles. The van der Waals surface area contributed by atoms with Crippen LogP contribution in [0.2, 0.25) is 0 Å². The van der Waals surface area contributed by atoms with Gasteiger partial charge in [-0.15, -0.1) is 0 Å². The lowest BCUT2D eigenvalue weighted by atomic mass is 9.73. The van der Waals surface area contributed by atoms with Gasteiger partial charge in [0.2, 0.25) is 29.5 Å². The highest BCUT2D eigenvalue weighted by Crippen LogP contribution is 2.52. The first kappa shape index (κ1) is 61.1. The van der Waals surface area contributed by atoms with E-state index in [0.717, 1.165) is 31.2 Å². The summed E-state index contributed by atoms with van der Waals surface area (Å²) in [6, 6.07) is 9.47. The van der Waals surface area contributed by atoms with Crippen LogP contribution in [0.25, 0.3) is 0 Å². The van der Waals surface area contributed by atoms with Crippen LogP contribution in [-0.2, 0) is 53.9 Å². The van der Waals surface area contributed by atoms with Crippen molar-refractivity contribution in [1.29, 1.82) is 0 Å². The van der Waals surface area contributed by atoms with E-state index in [9.17, 15) is 28.8 Å². The number of likely N-dealkylation sites (tertiary alicyclic amines) is 1. The van der Waals surface area contributed by atoms with E-state index in [0.29, 0.717) is 90.4 Å². The van der Waals surface area contributed by atoms with Gasteiger partial charge >= 0.3 is 7.12 Å². The maximum Gasteiger partial charge on any atom is 0.481 e. The van der Waals surface area contributed by atoms with Crippen LogP contribution >= 0.6 is 0 Å². The van der Waals surface area contributed by atoms with Crippen LogP contribution in [-0.4, -0.2) is 163 Å². The Kier molecular flexibility index (Phi) is 23.8. The van der Waals surface area contributed by atoms with E-state index in [1.807, 2.05) is 50.3 Å². The summed E-state index contributed by atoms with van der Waals surface area (Å²) in [6.45, 7) is 11.7. The molecule has 5 amide bonds. The van der Waals surface area contributed by atoms with Crippen molar-refractivity contribution >= 4 is 42.4 Å². The Hall–Kier alpha value is -5.58. The summed E-state index contributed by atoms with van der Waals surface area (Å²) in [5, 5.41) is 23.7. The highest BCUT2D eigenvalue weighted by Gasteiger charge is 2.59. The number of hydrogen-bond acceptors (Lipinski definition) is 16. The number of aliphatic hydroxyl groups excluding tert-OH is 1. The summed E-state index contributed by atoms with van der Waals surface area (Å²) in [6.07, 6.45) is 17.6. The molecular weight excluding hydrogens is 1010 g/mol. The molecule has 7 rings (SSSR count). The molecule has 3 fully saturated rings. The topological polar surface area (TPSA) is 250 Å². The van der Waals surface area contributed by atoms with Gasteiger partial charge in [-0.3, -0.25) is 38.7 Å². The Balaban J connectivity index is 0.737. The molecule has 2 bridgehead atoms. The number of amides is 5. The van der Waals surface area contributed by atoms with E-state index in [4.69, 9.17) is 28.6 Å². The first-order chi connectivity index (χ1) is 38.2. The minimum atomic E-state index is -0.731. The number of azo groups is 1. The van der Waals surface area contributed by atoms with E-state index in [1.165, 1.54) is 23.5 Å². The van der Waals surface area contributed by atoms with Crippen LogP contribution in [0, 0.1) is 35.5 Å². The van der Waals surface area contributed by atoms with Crippen LogP contribution < -0.4 is 10.6 Å². The van der Waals surface area contributed by atoms with Gasteiger partial charge in [-0.1, -0.05) is 62.8 Å². The van der Waals surface area contributed by atoms with Crippen LogP contribution in [0.5, 0.6) is 0 Å². The van der Waals surface area contributed by atoms with Gasteiger partial charge in [0.1, 0.15) is 5.69 Å². The number of imide groups is 1. The fourth-order valence-electron chi connectivity index (χ4n) is 11.2. The lowest BCUT2D eigenvalue weighted by Crippen LogP contribution is -2.51. The van der Waals surface area contributed by atoms with Crippen LogP contribution in [0.1, 0.15) is 121 Å². The number of rotatable bonds is 37. The zero-order valence-corrected chi connectivity index (χ0v) is 46.7. The Morgan fingerprint density at radius 1 is 0.911 bits per heavy atom. The molecule has 20 nitrogen and oxygen atoms in total. The third-order valence-corrected chi connectivity index (χ3v) is 15.6. The monoisotopic (exact) mass is 1090 g/mol. The summed E-state index contributed by atoms with van der Waals surface area (Å²) in [5.74, 6) is -1.87. The number of ether oxygens (including phenoxy) is 3. The van der Waals surface area contributed by atoms with Crippen molar-refractivity contribution in [2.75, 3.05) is 72.4 Å². The number of nitrogens with zero attached hydrogens (tertiary/aromatic N) is 6. The van der Waals surface area contributed by atoms with Gasteiger partial charge in [0, 0.05) is 77.0 Å². The lowest BCUT2D eigenvalue weighted by Gasteiger charge is -2.28. The highest BCUT2D eigenvalue weighted by atomic mass is 16.7. The van der Waals surface area contributed by atoms with Crippen molar-refractivity contribution in [2.24, 2.45) is 45.7 Å². The second-order valence-electron chi connectivity index (χ2n) is 22.3. The molecule has 3 aliphatic heterocycles. The SMILES string of the molecule is CC(C)C[C@@H](NC(=O)[C@H](CC(=O)c1cnccn1)Cc1ccccc1)B1OC(C)C(C)(COCCCCCOCCOCCC2C=C(CN(CCC(=O)NCCO)C(=O)CCCCCN3C(=O)C4C5C=CC(C5)C4C3=O)N=N2)O1. The maximum absolute atomic E-state index is 14.0. The maximum atomic E-state index is 14.0. The number of carbonyl (C=O) groups excluding carboxylic acids is 6. The number of nitrogens with one attached hydrogen (secondary N) is 2. The average Bonchev–Trinajstić information content (AvgIpc) is 4.40. The fraction of sp³-hybridized carbons (Fsp3) is 0.655. The van der Waals surface area contributed by atoms with Crippen LogP contribution in [0.3, 0.4) is 0 Å². The van der Waals surface area contributed by atoms with E-state index in [1.54, 1.807) is 4.90 Å². The molecule has 79 heavy (non-hydrogen) atoms. The number of allylic oxidation sites excluding steroid dienone is 2. The molecule has 21 heteroatoms. The molecule has 1 aromatic heterocycles. The smallest absolute Gasteiger partial charge is 0.404 e. The molecular formula is C58H83BN8O12. The minimum absolute atomic E-state index is 0.0192. The summed E-state index contributed by atoms with van der Waals surface area (Å²) in [7, 11) is -0.697. The van der Waals surface area contributed by atoms with Crippen molar-refractivity contribution < 1.29 is 57.4 Å². The van der Waals surface area contributed by atoms with Gasteiger partial charge < -0.3 is 44.2 Å². The fourth-order valence-corrected chi connectivity index (χ4v) is 11.2. The molecule has 0 spiro atoms. The standard InChI is InChI=1S/C58H83BN8O12/c1-40(2)32-50(63-55(72)45(33-42-14-8-5-9-15-42)35-49(69)48-37-60-21-22-61-48)59-78-41(3)58(4,79-59)39-77-28-13-7-12-27-75-30-31-76-29-20-46-36-47(65-64-46)38-66(25-19-51(70)62-23-26-68)52(71)16-10-6-11-24-67-56(73)53-43-17-18-44(34-43)54(53)57(67)74/h5,8-9,14-15,17-18,21-22,36-37,40-41,43-46,50,53-54,68H,6-7,10-13,16,19-20,23-35,38-39H2,1-4H3,(H,62,70)(H,63,72)/t41?,43?,44?,45-,46?,50+,53?,54?,58?/m0/s1. The second-order valence-corrected chi connectivity index (χ2v) is 22.3. The third-order valence-electron chi connectivity index (χ3n) is 15.6. The molecule has 9 atom stereocenters. The molecule has 7 unspecified atom stereocenters. The molecule has 4 heterocycles. The highest BCUT2D eigenvalue weighted by molar-refractivity contribution is 6.47. The molecule has 1 saturated carbocycles. The number of Topliss-reactive ketones (excluding diaryl/α,β-unsaturated/α-hetero) is 1. The number of aliphatic hydroxyl groups is 1. The Morgan fingerprint density at radius 2 is 1.63 bits per heavy atom. The molecule has 2 aromatic rings. The first-order valence-corrected chi connectivity index (χ1v) is 28.7. The number of ketones is 1. The molecule has 2 saturated heterocycles. The third kappa shape index (κ3) is 18.0. The van der Waals surface area contributed by atoms with Crippen LogP contribution in [0.4, 0.5) is 0 Å². The minimum Gasteiger partial charge on any atom is -0.404 e. The van der Waals surface area contributed by atoms with Gasteiger partial charge in [-0.05, 0) is 101 Å². The second kappa shape index (κ2) is 30.9. The van der Waals surface area contributed by atoms with E-state index >= 15 is 0 Å². The van der Waals surface area contributed by atoms with Crippen molar-refractivity contribution in [3.05, 3.63) is 84.1 Å². The van der Waals surface area contributed by atoms with Gasteiger partial charge in [0.05, 0.1) is 80.4 Å². The quantitative estimate of drug-likeness (QED) is 0.0242. The van der Waals surface area contributed by atoms with Crippen molar-refractivity contribution in [2.45, 2.75) is 135 Å². The number of hydrogen-bond donors (Lipinski definition) is 3. The van der Waals surface area contributed by atoms with E-state index < -0.39 is 24.6 Å². The van der Waals surface area contributed by atoms with Gasteiger partial charge in [0.25, 0.3) is 0 Å². The van der Waals surface area contributed by atoms with Crippen LogP contribution in [0.15, 0.2) is 83.1 Å². The number of fused-ring (bicyclic) bond motifs is 5. The molecule has 3 N–H and O–H groups in total. The van der Waals surface area contributed by atoms with Gasteiger partial charge in [0.15, 0.2) is 5.78 Å². The van der Waals surface area contributed by atoms with Gasteiger partial charge in [-0.25, -0.2) is 4.98 Å². The molecule has 1 aromatic carbocycles. The molecule has 5 aliphatic rings. The molecule has 0 radical (unpaired) electrons. The van der Waals surface area contributed by atoms with Crippen molar-refractivity contribution in [3.63, 3.8) is 0 Å². The van der Waals surface area contributed by atoms with Gasteiger partial charge in [-0.2, -0.15) is 10.2 Å². The zero-order chi connectivity index (χ0) is 56.2. The van der Waals surface area contributed by atoms with E-state index in [-0.39, 0.29) is 128 Å². The Bertz CT molecular complexity index is 2390. The normalized spacial score (nSPS) is 23.6. The lowest BCUT2D eigenvalue weighted by molar-refractivity contribution is -0.141. The Morgan fingerprint density at radius 3 is 2.34 bits per heavy atom. The summed E-state index contributed by atoms with van der Waals surface area (Å²) in [4.78, 5) is 90.5. The number of carbonyl (C=O) groups is 6. The Labute approximate surface area is 465 Å². The first-order valence-electron chi connectivity index (χ1n) is 28.7. The van der Waals surface area contributed by atoms with E-state index in [2.05, 4.69) is 56.8 Å². The predicted octanol–water partition coefficient (Wildman–Crippen LogP) is 5.68. The summed E-state index contributed by atoms with van der Waals surface area (Å²) < 4.78 is 30.7. The predicted molar refractivity (Wildman–Crippen MR) is 294 cm³/mol. The summed E-state index contributed by atoms with van der Waals surface area (Å²) in [5.41, 5.74) is 1.09. The number of aromatic nitrogens is 2. The molecule has 430 valence electrons. The zero-order valence-electron chi connectivity index (χ0n) is 46.7. The van der Waals surface area contributed by atoms with Crippen molar-refractivity contribution in [3.8, 4) is 0 Å². The number of unbranched alkanes of at least 4 members (excludes halogenated alkanes) is 4. The number of benzene rings is 1. The summed E-state index contributed by atoms with van der Waals surface area (Å²) >= 11 is 0. The average molecular weight is 1100 g/mol.